The Morgan fingerprint density at radius 2 is 2.53 bits per heavy atom. The molecule has 6 heteroatoms. The second kappa shape index (κ2) is 4.92. The Labute approximate surface area is 110 Å². The van der Waals surface area contributed by atoms with Gasteiger partial charge in [0.2, 0.25) is 5.91 Å². The van der Waals surface area contributed by atoms with Gasteiger partial charge in [0, 0.05) is 11.9 Å². The Hall–Kier alpha value is -0.650. The summed E-state index contributed by atoms with van der Waals surface area (Å²) in [6.07, 6.45) is 0.829. The van der Waals surface area contributed by atoms with Crippen LogP contribution in [0.3, 0.4) is 0 Å². The van der Waals surface area contributed by atoms with Crippen molar-refractivity contribution in [3.8, 4) is 0 Å². The minimum Gasteiger partial charge on any atom is -0.369 e. The molecule has 1 fully saturated rings. The molecule has 2 rings (SSSR count). The van der Waals surface area contributed by atoms with Crippen LogP contribution in [0.5, 0.6) is 0 Å². The second-order valence-corrected chi connectivity index (χ2v) is 5.96. The first-order valence-corrected chi connectivity index (χ1v) is 6.96. The summed E-state index contributed by atoms with van der Waals surface area (Å²) in [5, 5.41) is 3.03. The van der Waals surface area contributed by atoms with Crippen molar-refractivity contribution in [3.63, 3.8) is 0 Å². The van der Waals surface area contributed by atoms with E-state index in [1.54, 1.807) is 11.3 Å². The van der Waals surface area contributed by atoms with Gasteiger partial charge < -0.3 is 5.73 Å². The maximum Gasteiger partial charge on any atom is 0.224 e. The van der Waals surface area contributed by atoms with Crippen molar-refractivity contribution in [2.45, 2.75) is 25.8 Å². The van der Waals surface area contributed by atoms with Crippen molar-refractivity contribution in [3.05, 3.63) is 16.1 Å². The van der Waals surface area contributed by atoms with Gasteiger partial charge in [-0.05, 0) is 19.9 Å². The molecule has 4 nitrogen and oxygen atoms in total. The highest BCUT2D eigenvalue weighted by Crippen LogP contribution is 2.30. The van der Waals surface area contributed by atoms with E-state index >= 15 is 0 Å². The fourth-order valence-electron chi connectivity index (χ4n) is 2.07. The van der Waals surface area contributed by atoms with Crippen LogP contribution in [0.2, 0.25) is 0 Å². The molecule has 2 N–H and O–H groups in total. The summed E-state index contributed by atoms with van der Waals surface area (Å²) in [6, 6.07) is 0. The van der Waals surface area contributed by atoms with Gasteiger partial charge in [0.15, 0.2) is 0 Å². The molecule has 1 aliphatic heterocycles. The Bertz CT molecular complexity index is 423. The van der Waals surface area contributed by atoms with E-state index in [0.717, 1.165) is 36.8 Å². The van der Waals surface area contributed by atoms with Crippen LogP contribution in [0.4, 0.5) is 0 Å². The highest BCUT2D eigenvalue weighted by atomic mass is 35.5. The number of carbonyl (C=O) groups excluding carboxylic acids is 1. The summed E-state index contributed by atoms with van der Waals surface area (Å²) in [5.74, 6) is 0.246. The first kappa shape index (κ1) is 12.8. The number of aromatic nitrogens is 1. The Morgan fingerprint density at radius 3 is 3.06 bits per heavy atom. The number of carbonyl (C=O) groups is 1. The van der Waals surface area contributed by atoms with Gasteiger partial charge in [-0.25, -0.2) is 4.98 Å². The van der Waals surface area contributed by atoms with Crippen LogP contribution >= 0.6 is 22.9 Å². The molecule has 1 aliphatic rings. The van der Waals surface area contributed by atoms with Crippen molar-refractivity contribution >= 4 is 28.8 Å². The first-order valence-electron chi connectivity index (χ1n) is 5.55. The van der Waals surface area contributed by atoms with Crippen LogP contribution in [0, 0.1) is 5.41 Å². The molecule has 1 unspecified atom stereocenters. The molecule has 0 aliphatic carbocycles. The van der Waals surface area contributed by atoms with Crippen molar-refractivity contribution < 1.29 is 4.79 Å². The third-order valence-corrected chi connectivity index (χ3v) is 4.40. The quantitative estimate of drug-likeness (QED) is 0.848. The molecule has 94 valence electrons. The number of amides is 1. The molecular formula is C11H16ClN3OS. The smallest absolute Gasteiger partial charge is 0.224 e. The molecule has 0 bridgehead atoms. The zero-order valence-electron chi connectivity index (χ0n) is 9.78. The van der Waals surface area contributed by atoms with E-state index in [1.807, 2.05) is 12.3 Å². The lowest BCUT2D eigenvalue weighted by Gasteiger charge is -2.20. The monoisotopic (exact) mass is 273 g/mol. The number of rotatable bonds is 4. The zero-order valence-corrected chi connectivity index (χ0v) is 11.4. The molecule has 0 aromatic carbocycles. The van der Waals surface area contributed by atoms with Gasteiger partial charge >= 0.3 is 0 Å². The Kier molecular flexibility index (Phi) is 3.70. The minimum atomic E-state index is -0.382. The Morgan fingerprint density at radius 1 is 1.76 bits per heavy atom. The van der Waals surface area contributed by atoms with Gasteiger partial charge in [0.1, 0.15) is 5.01 Å². The number of nitrogens with two attached hydrogens (primary N) is 1. The van der Waals surface area contributed by atoms with Crippen molar-refractivity contribution in [1.82, 2.24) is 9.88 Å². The summed E-state index contributed by atoms with van der Waals surface area (Å²) in [4.78, 5) is 18.0. The number of nitrogens with zero attached hydrogens (tertiary/aromatic N) is 2. The standard InChI is InChI=1S/C11H16ClN3OS/c1-11(10(13)16)2-3-15(7-11)5-9-14-8(4-12)6-17-9/h6H,2-5,7H2,1H3,(H2,13,16). The third-order valence-electron chi connectivity index (χ3n) is 3.24. The molecule has 1 saturated heterocycles. The van der Waals surface area contributed by atoms with Gasteiger partial charge in [-0.3, -0.25) is 9.69 Å². The number of alkyl halides is 1. The number of hydrogen-bond acceptors (Lipinski definition) is 4. The Balaban J connectivity index is 1.96. The largest absolute Gasteiger partial charge is 0.369 e. The van der Waals surface area contributed by atoms with E-state index < -0.39 is 0 Å². The SMILES string of the molecule is CC1(C(N)=O)CCN(Cc2nc(CCl)cs2)C1. The normalized spacial score (nSPS) is 25.3. The van der Waals surface area contributed by atoms with E-state index in [4.69, 9.17) is 17.3 Å². The summed E-state index contributed by atoms with van der Waals surface area (Å²) in [6.45, 7) is 4.33. The van der Waals surface area contributed by atoms with Gasteiger partial charge in [-0.2, -0.15) is 0 Å². The van der Waals surface area contributed by atoms with E-state index in [0.29, 0.717) is 5.88 Å². The van der Waals surface area contributed by atoms with E-state index in [9.17, 15) is 4.79 Å². The molecule has 17 heavy (non-hydrogen) atoms. The van der Waals surface area contributed by atoms with Crippen LogP contribution in [0.25, 0.3) is 0 Å². The van der Waals surface area contributed by atoms with Gasteiger partial charge in [-0.1, -0.05) is 0 Å². The van der Waals surface area contributed by atoms with Crippen LogP contribution in [-0.2, 0) is 17.2 Å². The predicted molar refractivity (Wildman–Crippen MR) is 68.9 cm³/mol. The van der Waals surface area contributed by atoms with Crippen LogP contribution in [0.1, 0.15) is 24.0 Å². The number of hydrogen-bond donors (Lipinski definition) is 1. The molecule has 1 aromatic rings. The topological polar surface area (TPSA) is 59.2 Å². The van der Waals surface area contributed by atoms with Gasteiger partial charge in [-0.15, -0.1) is 22.9 Å². The summed E-state index contributed by atoms with van der Waals surface area (Å²) in [5.41, 5.74) is 5.95. The van der Waals surface area contributed by atoms with Crippen molar-refractivity contribution in [1.29, 1.82) is 0 Å². The molecule has 2 heterocycles. The summed E-state index contributed by atoms with van der Waals surface area (Å²) < 4.78 is 0. The fraction of sp³-hybridized carbons (Fsp3) is 0.636. The molecule has 1 amide bonds. The maximum atomic E-state index is 11.3. The van der Waals surface area contributed by atoms with Crippen LogP contribution < -0.4 is 5.73 Å². The second-order valence-electron chi connectivity index (χ2n) is 4.75. The molecule has 1 aromatic heterocycles. The van der Waals surface area contributed by atoms with E-state index in [-0.39, 0.29) is 11.3 Å². The number of thiazole rings is 1. The lowest BCUT2D eigenvalue weighted by molar-refractivity contribution is -0.126. The van der Waals surface area contributed by atoms with Gasteiger partial charge in [0.05, 0.1) is 23.5 Å². The molecular weight excluding hydrogens is 258 g/mol. The minimum absolute atomic E-state index is 0.208. The third kappa shape index (κ3) is 2.78. The molecule has 0 radical (unpaired) electrons. The van der Waals surface area contributed by atoms with E-state index in [2.05, 4.69) is 9.88 Å². The van der Waals surface area contributed by atoms with E-state index in [1.165, 1.54) is 0 Å². The summed E-state index contributed by atoms with van der Waals surface area (Å²) >= 11 is 7.33. The number of likely N-dealkylation sites (tertiary alicyclic amines) is 1. The van der Waals surface area contributed by atoms with Crippen LogP contribution in [-0.4, -0.2) is 28.9 Å². The number of primary amides is 1. The first-order chi connectivity index (χ1) is 8.03. The van der Waals surface area contributed by atoms with Crippen LogP contribution in [0.15, 0.2) is 5.38 Å². The average molecular weight is 274 g/mol. The highest BCUT2D eigenvalue weighted by molar-refractivity contribution is 7.09. The lowest BCUT2D eigenvalue weighted by Crippen LogP contribution is -2.36. The average Bonchev–Trinajstić information content (AvgIpc) is 2.87. The van der Waals surface area contributed by atoms with Crippen molar-refractivity contribution in [2.24, 2.45) is 11.1 Å². The molecule has 0 spiro atoms. The summed E-state index contributed by atoms with van der Waals surface area (Å²) in [7, 11) is 0. The maximum absolute atomic E-state index is 11.3. The molecule has 1 atom stereocenters. The number of halogens is 1. The van der Waals surface area contributed by atoms with Crippen molar-refractivity contribution in [2.75, 3.05) is 13.1 Å². The lowest BCUT2D eigenvalue weighted by atomic mass is 9.89. The predicted octanol–water partition coefficient (Wildman–Crippen LogP) is 1.58. The molecule has 0 saturated carbocycles. The fourth-order valence-corrected chi connectivity index (χ4v) is 3.13. The zero-order chi connectivity index (χ0) is 12.5. The van der Waals surface area contributed by atoms with Gasteiger partial charge in [0.25, 0.3) is 0 Å². The highest BCUT2D eigenvalue weighted by Gasteiger charge is 2.38.